The van der Waals surface area contributed by atoms with E-state index in [9.17, 15) is 33.6 Å². The minimum atomic E-state index is -0.979. The first-order valence-electron chi connectivity index (χ1n) is 34.2. The number of ether oxygens (including phenoxy) is 6. The van der Waals surface area contributed by atoms with Gasteiger partial charge in [0.25, 0.3) is 0 Å². The third-order valence-corrected chi connectivity index (χ3v) is 20.5. The lowest BCUT2D eigenvalue weighted by atomic mass is 9.78. The number of Topliss-reactive ketones (excluding diaryl/α,β-unsaturated/α-hetero) is 1. The molecule has 7 aliphatic rings. The van der Waals surface area contributed by atoms with E-state index in [1.807, 2.05) is 206 Å². The first-order valence-corrected chi connectivity index (χ1v) is 34.2. The summed E-state index contributed by atoms with van der Waals surface area (Å²) in [6, 6.07) is 82.9. The molecule has 11 aromatic rings. The van der Waals surface area contributed by atoms with E-state index >= 15 is 0 Å². The molecule has 506 valence electrons. The fraction of sp³-hybridized carbons (Fsp3) is 0.144. The van der Waals surface area contributed by atoms with E-state index in [2.05, 4.69) is 56.1 Å². The predicted molar refractivity (Wildman–Crippen MR) is 392 cm³/mol. The second-order valence-electron chi connectivity index (χ2n) is 26.4. The van der Waals surface area contributed by atoms with Gasteiger partial charge in [-0.15, -0.1) is 0 Å². The van der Waals surface area contributed by atoms with Crippen molar-refractivity contribution in [2.45, 2.75) is 56.9 Å². The first-order chi connectivity index (χ1) is 50.2. The highest BCUT2D eigenvalue weighted by molar-refractivity contribution is 6.32. The van der Waals surface area contributed by atoms with Crippen molar-refractivity contribution in [3.05, 3.63) is 347 Å². The van der Waals surface area contributed by atoms with Crippen LogP contribution in [0.2, 0.25) is 0 Å². The monoisotopic (exact) mass is 1360 g/mol. The minimum Gasteiger partial charge on any atom is -0.458 e. The third kappa shape index (κ3) is 12.1. The summed E-state index contributed by atoms with van der Waals surface area (Å²) >= 11 is 0. The molecular formula is C90H68O13. The van der Waals surface area contributed by atoms with Crippen molar-refractivity contribution in [1.82, 2.24) is 0 Å². The second kappa shape index (κ2) is 27.8. The van der Waals surface area contributed by atoms with Crippen LogP contribution in [0.25, 0.3) is 67.4 Å². The maximum absolute atomic E-state index is 13.5. The van der Waals surface area contributed by atoms with Crippen molar-refractivity contribution in [2.24, 2.45) is 23.7 Å². The summed E-state index contributed by atoms with van der Waals surface area (Å²) < 4.78 is 34.4. The molecular weight excluding hydrogens is 1290 g/mol. The quantitative estimate of drug-likeness (QED) is 0.0489. The lowest BCUT2D eigenvalue weighted by Crippen LogP contribution is -2.44. The lowest BCUT2D eigenvalue weighted by molar-refractivity contribution is -0.169. The van der Waals surface area contributed by atoms with E-state index < -0.39 is 65.9 Å². The van der Waals surface area contributed by atoms with Gasteiger partial charge in [-0.2, -0.15) is 0 Å². The second-order valence-corrected chi connectivity index (χ2v) is 26.4. The van der Waals surface area contributed by atoms with E-state index in [0.29, 0.717) is 23.1 Å². The molecule has 6 unspecified atom stereocenters. The van der Waals surface area contributed by atoms with Gasteiger partial charge in [-0.3, -0.25) is 14.4 Å². The van der Waals surface area contributed by atoms with E-state index in [4.69, 9.17) is 28.4 Å². The zero-order valence-corrected chi connectivity index (χ0v) is 56.3. The van der Waals surface area contributed by atoms with Crippen LogP contribution in [-0.4, -0.2) is 53.8 Å². The van der Waals surface area contributed by atoms with Crippen LogP contribution in [0, 0.1) is 23.7 Å². The smallest absolute Gasteiger partial charge is 0.374 e. The highest BCUT2D eigenvalue weighted by atomic mass is 16.6. The molecule has 3 fully saturated rings. The van der Waals surface area contributed by atoms with Crippen LogP contribution in [0.1, 0.15) is 121 Å². The van der Waals surface area contributed by atoms with E-state index in [0.717, 1.165) is 118 Å². The molecule has 13 heteroatoms. The van der Waals surface area contributed by atoms with Gasteiger partial charge in [0.05, 0.1) is 23.0 Å². The summed E-state index contributed by atoms with van der Waals surface area (Å²) in [4.78, 5) is 86.9. The van der Waals surface area contributed by atoms with Crippen LogP contribution < -0.4 is 0 Å². The Balaban J connectivity index is 0.000000113. The van der Waals surface area contributed by atoms with Gasteiger partial charge in [-0.25, -0.2) is 19.2 Å². The molecule has 6 atom stereocenters. The number of fused-ring (bicyclic) bond motifs is 14. The molecule has 0 amide bonds. The lowest BCUT2D eigenvalue weighted by Gasteiger charge is -2.30. The van der Waals surface area contributed by atoms with Gasteiger partial charge in [0, 0.05) is 68.8 Å². The van der Waals surface area contributed by atoms with Gasteiger partial charge in [-0.05, 0) is 98.0 Å². The molecule has 0 radical (unpaired) electrons. The SMILES string of the molecule is C=C(C)C(=O)OC1c2ccccc2-c2ccccc21.C=Cc1ccc(C(=O)OC2c3ccccc3-c3ccccc32)cc1.C=Cc1cccc2c(C(=O)OC3c4ccccc4-c4ccccc43)cccc12.CC(=O)C(=O)OC1C2CC3C1OC(=O)C3C2C(=O)OC1c2ccccc2-c2ccccc21. The van der Waals surface area contributed by atoms with Crippen molar-refractivity contribution in [2.75, 3.05) is 0 Å². The highest BCUT2D eigenvalue weighted by Gasteiger charge is 2.70. The highest BCUT2D eigenvalue weighted by Crippen LogP contribution is 2.60. The Morgan fingerprint density at radius 2 is 0.786 bits per heavy atom. The summed E-state index contributed by atoms with van der Waals surface area (Å²) in [5, 5.41) is 1.88. The molecule has 1 aliphatic heterocycles. The number of benzene rings is 11. The van der Waals surface area contributed by atoms with Gasteiger partial charge in [0.1, 0.15) is 12.2 Å². The van der Waals surface area contributed by atoms with E-state index in [-0.39, 0.29) is 36.0 Å². The molecule has 0 spiro atoms. The third-order valence-electron chi connectivity index (χ3n) is 20.5. The maximum Gasteiger partial charge on any atom is 0.374 e. The van der Waals surface area contributed by atoms with Crippen molar-refractivity contribution in [3.63, 3.8) is 0 Å². The normalized spacial score (nSPS) is 18.3. The maximum atomic E-state index is 13.5. The average Bonchev–Trinajstić information content (AvgIpc) is 1.54. The molecule has 1 saturated heterocycles. The van der Waals surface area contributed by atoms with Crippen LogP contribution in [0.4, 0.5) is 0 Å². The van der Waals surface area contributed by atoms with Gasteiger partial charge in [0.15, 0.2) is 24.4 Å². The number of carbonyl (C=O) groups excluding carboxylic acids is 7. The summed E-state index contributed by atoms with van der Waals surface area (Å²) in [6.45, 7) is 14.0. The van der Waals surface area contributed by atoms with Crippen molar-refractivity contribution in [1.29, 1.82) is 0 Å². The van der Waals surface area contributed by atoms with E-state index in [1.54, 1.807) is 31.2 Å². The number of hydrogen-bond donors (Lipinski definition) is 0. The summed E-state index contributed by atoms with van der Waals surface area (Å²) in [5.74, 6) is -5.64. The Kier molecular flexibility index (Phi) is 17.9. The van der Waals surface area contributed by atoms with Gasteiger partial charge < -0.3 is 28.4 Å². The molecule has 18 rings (SSSR count). The fourth-order valence-corrected chi connectivity index (χ4v) is 15.8. The van der Waals surface area contributed by atoms with Crippen molar-refractivity contribution in [3.8, 4) is 44.5 Å². The molecule has 11 aromatic carbocycles. The number of ketones is 1. The minimum absolute atomic E-state index is 0.210. The summed E-state index contributed by atoms with van der Waals surface area (Å²) in [5.41, 5.74) is 20.4. The predicted octanol–water partition coefficient (Wildman–Crippen LogP) is 18.1. The fourth-order valence-electron chi connectivity index (χ4n) is 15.8. The molecule has 2 saturated carbocycles. The first kappa shape index (κ1) is 66.3. The molecule has 2 bridgehead atoms. The number of rotatable bonds is 12. The Labute approximate surface area is 595 Å². The van der Waals surface area contributed by atoms with Crippen LogP contribution in [0.15, 0.2) is 280 Å². The number of esters is 6. The Morgan fingerprint density at radius 3 is 1.19 bits per heavy atom. The van der Waals surface area contributed by atoms with Crippen molar-refractivity contribution >= 4 is 64.5 Å². The molecule has 1 heterocycles. The Hall–Kier alpha value is -12.6. The Bertz CT molecular complexity index is 5130. The summed E-state index contributed by atoms with van der Waals surface area (Å²) in [7, 11) is 0. The van der Waals surface area contributed by atoms with Gasteiger partial charge >= 0.3 is 35.8 Å². The standard InChI is InChI=1S/C26H18O2.C25H20O7.C22H16O2.C17H14O2/c1-2-17-9-7-15-19-18(17)14-8-16-24(19)26(27)28-25-22-12-5-3-10-20(22)21-11-4-6-13-23(21)25;1-11(26)23(27)31-21-16-10-17-19(25(29)32-22(17)21)18(16)24(28)30-20-14-8-4-2-6-12(14)13-7-3-5-9-15(13)20;1-2-15-11-13-16(14-12-15)22(23)24-21-19-9-5-3-7-17(19)18-8-4-6-10-20(18)21;1-11(2)17(18)19-16-14-9-5-3-7-12(14)13-8-4-6-10-15(13)16/h2-16,25H,1H2;2-9,16-22H,10H2,1H3;2-14,21H,1H2;3-10,16H,1H2,2H3. The zero-order chi connectivity index (χ0) is 71.2. The van der Waals surface area contributed by atoms with Crippen LogP contribution in [-0.2, 0) is 52.4 Å². The molecule has 13 nitrogen and oxygen atoms in total. The largest absolute Gasteiger partial charge is 0.458 e. The zero-order valence-electron chi connectivity index (χ0n) is 56.3. The molecule has 0 aromatic heterocycles. The van der Waals surface area contributed by atoms with Crippen LogP contribution in [0.3, 0.4) is 0 Å². The average molecular weight is 1360 g/mol. The van der Waals surface area contributed by atoms with Crippen molar-refractivity contribution < 1.29 is 62.0 Å². The van der Waals surface area contributed by atoms with E-state index in [1.165, 1.54) is 0 Å². The summed E-state index contributed by atoms with van der Waals surface area (Å²) in [6.07, 6.45) is 1.03. The van der Waals surface area contributed by atoms with Crippen LogP contribution in [0.5, 0.6) is 0 Å². The molecule has 0 N–H and O–H groups in total. The topological polar surface area (TPSA) is 175 Å². The van der Waals surface area contributed by atoms with Gasteiger partial charge in [-0.1, -0.05) is 268 Å². The Morgan fingerprint density at radius 1 is 0.398 bits per heavy atom. The number of hydrogen-bond acceptors (Lipinski definition) is 13. The molecule has 6 aliphatic carbocycles. The number of carbonyl (C=O) groups is 7. The van der Waals surface area contributed by atoms with Gasteiger partial charge in [0.2, 0.25) is 5.78 Å². The molecule has 103 heavy (non-hydrogen) atoms. The van der Waals surface area contributed by atoms with Crippen LogP contribution >= 0.6 is 0 Å².